The summed E-state index contributed by atoms with van der Waals surface area (Å²) >= 11 is 0.451. The first-order valence-electron chi connectivity index (χ1n) is 3.91. The molecule has 0 saturated carbocycles. The highest BCUT2D eigenvalue weighted by atomic mass is 32.2. The molecular formula is C9H9F2NOS. The number of carbonyl (C=O) groups excluding carboxylic acids is 1. The molecule has 0 spiro atoms. The molecule has 0 unspecified atom stereocenters. The van der Waals surface area contributed by atoms with Crippen molar-refractivity contribution in [3.8, 4) is 0 Å². The third kappa shape index (κ3) is 3.08. The number of carbonyl (C=O) groups is 1. The van der Waals surface area contributed by atoms with Gasteiger partial charge in [0.2, 0.25) is 0 Å². The molecule has 0 bridgehead atoms. The molecule has 0 atom stereocenters. The summed E-state index contributed by atoms with van der Waals surface area (Å²) < 4.78 is 23.8. The number of alkyl halides is 2. The van der Waals surface area contributed by atoms with Crippen molar-refractivity contribution in [3.63, 3.8) is 0 Å². The molecule has 0 aromatic heterocycles. The van der Waals surface area contributed by atoms with Crippen LogP contribution < -0.4 is 5.73 Å². The molecule has 76 valence electrons. The third-order valence-corrected chi connectivity index (χ3v) is 2.31. The van der Waals surface area contributed by atoms with Crippen LogP contribution in [0.4, 0.5) is 8.78 Å². The molecule has 2 N–H and O–H groups in total. The van der Waals surface area contributed by atoms with Gasteiger partial charge in [-0.2, -0.15) is 8.78 Å². The first kappa shape index (κ1) is 11.1. The van der Waals surface area contributed by atoms with Crippen molar-refractivity contribution in [2.24, 2.45) is 5.73 Å². The Hall–Kier alpha value is -0.940. The lowest BCUT2D eigenvalue weighted by molar-refractivity contribution is 0.100. The van der Waals surface area contributed by atoms with E-state index in [9.17, 15) is 13.6 Å². The fourth-order valence-electron chi connectivity index (χ4n) is 0.940. The lowest BCUT2D eigenvalue weighted by Gasteiger charge is -2.01. The Labute approximate surface area is 84.5 Å². The van der Waals surface area contributed by atoms with Crippen molar-refractivity contribution >= 4 is 17.5 Å². The normalized spacial score (nSPS) is 10.6. The van der Waals surface area contributed by atoms with Gasteiger partial charge in [0.15, 0.2) is 5.78 Å². The molecule has 1 aromatic carbocycles. The predicted octanol–water partition coefficient (Wildman–Crippen LogP) is 2.14. The van der Waals surface area contributed by atoms with Gasteiger partial charge in [-0.25, -0.2) is 0 Å². The number of rotatable bonds is 4. The molecule has 0 aliphatic rings. The highest BCUT2D eigenvalue weighted by Crippen LogP contribution is 2.25. The highest BCUT2D eigenvalue weighted by molar-refractivity contribution is 7.99. The van der Waals surface area contributed by atoms with E-state index >= 15 is 0 Å². The zero-order chi connectivity index (χ0) is 10.6. The fraction of sp³-hybridized carbons (Fsp3) is 0.222. The number of nitrogens with two attached hydrogens (primary N) is 1. The molecule has 0 radical (unpaired) electrons. The van der Waals surface area contributed by atoms with E-state index in [1.807, 2.05) is 0 Å². The van der Waals surface area contributed by atoms with Gasteiger partial charge < -0.3 is 5.73 Å². The Kier molecular flexibility index (Phi) is 4.03. The second-order valence-electron chi connectivity index (χ2n) is 2.53. The van der Waals surface area contributed by atoms with Gasteiger partial charge in [-0.05, 0) is 12.1 Å². The summed E-state index contributed by atoms with van der Waals surface area (Å²) in [5.41, 5.74) is 5.60. The molecule has 0 aliphatic carbocycles. The van der Waals surface area contributed by atoms with E-state index in [0.29, 0.717) is 22.2 Å². The minimum atomic E-state index is -2.44. The van der Waals surface area contributed by atoms with Crippen molar-refractivity contribution in [1.82, 2.24) is 0 Å². The molecule has 14 heavy (non-hydrogen) atoms. The summed E-state index contributed by atoms with van der Waals surface area (Å²) in [7, 11) is 0. The Morgan fingerprint density at radius 3 is 2.36 bits per heavy atom. The zero-order valence-corrected chi connectivity index (χ0v) is 8.06. The summed E-state index contributed by atoms with van der Waals surface area (Å²) in [6.45, 7) is -0.0681. The van der Waals surface area contributed by atoms with Crippen LogP contribution in [0.2, 0.25) is 0 Å². The van der Waals surface area contributed by atoms with Gasteiger partial charge in [0.05, 0.1) is 6.54 Å². The maximum absolute atomic E-state index is 11.9. The number of ketones is 1. The smallest absolute Gasteiger partial charge is 0.288 e. The van der Waals surface area contributed by atoms with Crippen LogP contribution in [-0.4, -0.2) is 18.1 Å². The summed E-state index contributed by atoms with van der Waals surface area (Å²) in [5, 5.41) is 0. The topological polar surface area (TPSA) is 43.1 Å². The van der Waals surface area contributed by atoms with Crippen molar-refractivity contribution < 1.29 is 13.6 Å². The molecule has 1 aromatic rings. The highest BCUT2D eigenvalue weighted by Gasteiger charge is 2.06. The Balaban J connectivity index is 2.73. The van der Waals surface area contributed by atoms with Crippen LogP contribution in [0.1, 0.15) is 10.4 Å². The average molecular weight is 217 g/mol. The predicted molar refractivity (Wildman–Crippen MR) is 51.7 cm³/mol. The Bertz CT molecular complexity index is 313. The summed E-state index contributed by atoms with van der Waals surface area (Å²) in [6, 6.07) is 5.97. The van der Waals surface area contributed by atoms with Crippen LogP contribution in [0.5, 0.6) is 0 Å². The van der Waals surface area contributed by atoms with Crippen LogP contribution in [0, 0.1) is 0 Å². The molecule has 0 amide bonds. The van der Waals surface area contributed by atoms with E-state index in [-0.39, 0.29) is 12.3 Å². The molecule has 0 aliphatic heterocycles. The van der Waals surface area contributed by atoms with E-state index in [1.165, 1.54) is 24.3 Å². The Morgan fingerprint density at radius 2 is 1.93 bits per heavy atom. The number of halogens is 2. The van der Waals surface area contributed by atoms with Gasteiger partial charge in [0.1, 0.15) is 0 Å². The SMILES string of the molecule is NCC(=O)c1ccc(SC(F)F)cc1. The lowest BCUT2D eigenvalue weighted by Crippen LogP contribution is -2.13. The minimum Gasteiger partial charge on any atom is -0.324 e. The van der Waals surface area contributed by atoms with Crippen molar-refractivity contribution in [1.29, 1.82) is 0 Å². The molecule has 2 nitrogen and oxygen atoms in total. The van der Waals surface area contributed by atoms with Gasteiger partial charge in [-0.1, -0.05) is 23.9 Å². The van der Waals surface area contributed by atoms with E-state index in [1.54, 1.807) is 0 Å². The monoisotopic (exact) mass is 217 g/mol. The molecular weight excluding hydrogens is 208 g/mol. The van der Waals surface area contributed by atoms with Gasteiger partial charge >= 0.3 is 0 Å². The summed E-state index contributed by atoms with van der Waals surface area (Å²) in [5.74, 6) is -2.63. The zero-order valence-electron chi connectivity index (χ0n) is 7.24. The van der Waals surface area contributed by atoms with Gasteiger partial charge in [-0.15, -0.1) is 0 Å². The van der Waals surface area contributed by atoms with Crippen LogP contribution >= 0.6 is 11.8 Å². The summed E-state index contributed by atoms with van der Waals surface area (Å²) in [4.78, 5) is 11.5. The van der Waals surface area contributed by atoms with Gasteiger partial charge in [0, 0.05) is 10.5 Å². The first-order chi connectivity index (χ1) is 6.63. The van der Waals surface area contributed by atoms with E-state index in [2.05, 4.69) is 0 Å². The molecule has 0 heterocycles. The summed E-state index contributed by atoms with van der Waals surface area (Å²) in [6.07, 6.45) is 0. The lowest BCUT2D eigenvalue weighted by atomic mass is 10.1. The van der Waals surface area contributed by atoms with Crippen molar-refractivity contribution in [2.45, 2.75) is 10.7 Å². The minimum absolute atomic E-state index is 0.0681. The van der Waals surface area contributed by atoms with Crippen molar-refractivity contribution in [2.75, 3.05) is 6.54 Å². The van der Waals surface area contributed by atoms with Crippen LogP contribution in [0.25, 0.3) is 0 Å². The largest absolute Gasteiger partial charge is 0.324 e. The van der Waals surface area contributed by atoms with Gasteiger partial charge in [-0.3, -0.25) is 4.79 Å². The van der Waals surface area contributed by atoms with Crippen LogP contribution in [-0.2, 0) is 0 Å². The number of thioether (sulfide) groups is 1. The number of hydrogen-bond acceptors (Lipinski definition) is 3. The second-order valence-corrected chi connectivity index (χ2v) is 3.59. The fourth-order valence-corrected chi connectivity index (χ4v) is 1.44. The van der Waals surface area contributed by atoms with E-state index in [4.69, 9.17) is 5.73 Å². The van der Waals surface area contributed by atoms with E-state index < -0.39 is 5.76 Å². The maximum Gasteiger partial charge on any atom is 0.288 e. The first-order valence-corrected chi connectivity index (χ1v) is 4.79. The van der Waals surface area contributed by atoms with Crippen LogP contribution in [0.3, 0.4) is 0 Å². The quantitative estimate of drug-likeness (QED) is 0.620. The molecule has 0 fully saturated rings. The van der Waals surface area contributed by atoms with Crippen molar-refractivity contribution in [3.05, 3.63) is 29.8 Å². The third-order valence-electron chi connectivity index (χ3n) is 1.59. The maximum atomic E-state index is 11.9. The standard InChI is InChI=1S/C9H9F2NOS/c10-9(11)14-7-3-1-6(2-4-7)8(13)5-12/h1-4,9H,5,12H2. The van der Waals surface area contributed by atoms with Crippen LogP contribution in [0.15, 0.2) is 29.2 Å². The molecule has 0 saturated heterocycles. The second kappa shape index (κ2) is 5.07. The number of hydrogen-bond donors (Lipinski definition) is 1. The van der Waals surface area contributed by atoms with E-state index in [0.717, 1.165) is 0 Å². The average Bonchev–Trinajstić information content (AvgIpc) is 2.17. The Morgan fingerprint density at radius 1 is 1.36 bits per heavy atom. The molecule has 5 heteroatoms. The molecule has 1 rings (SSSR count). The van der Waals surface area contributed by atoms with Gasteiger partial charge in [0.25, 0.3) is 5.76 Å². The number of benzene rings is 1. The number of Topliss-reactive ketones (excluding diaryl/α,β-unsaturated/α-hetero) is 1.